The Morgan fingerprint density at radius 3 is 2.30 bits per heavy atom. The van der Waals surface area contributed by atoms with Crippen LogP contribution in [0, 0.1) is 18.8 Å². The van der Waals surface area contributed by atoms with Gasteiger partial charge in [-0.15, -0.1) is 0 Å². The molecule has 0 fully saturated rings. The first-order chi connectivity index (χ1) is 9.58. The fourth-order valence-corrected chi connectivity index (χ4v) is 2.54. The van der Waals surface area contributed by atoms with Crippen molar-refractivity contribution in [3.63, 3.8) is 0 Å². The first-order valence-electron chi connectivity index (χ1n) is 6.18. The molecule has 0 aromatic heterocycles. The lowest BCUT2D eigenvalue weighted by Crippen LogP contribution is -2.23. The molecule has 0 bridgehead atoms. The van der Waals surface area contributed by atoms with Crippen LogP contribution in [0.4, 0.5) is 0 Å². The summed E-state index contributed by atoms with van der Waals surface area (Å²) in [6, 6.07) is 16.0. The zero-order chi connectivity index (χ0) is 14.4. The minimum atomic E-state index is -3.47. The van der Waals surface area contributed by atoms with E-state index in [4.69, 9.17) is 0 Å². The summed E-state index contributed by atoms with van der Waals surface area (Å²) in [5.74, 6) is 5.73. The molecule has 4 heteroatoms. The summed E-state index contributed by atoms with van der Waals surface area (Å²) < 4.78 is 26.3. The summed E-state index contributed by atoms with van der Waals surface area (Å²) in [6.07, 6.45) is 0. The van der Waals surface area contributed by atoms with Crippen molar-refractivity contribution in [1.82, 2.24) is 4.72 Å². The Balaban J connectivity index is 1.98. The summed E-state index contributed by atoms with van der Waals surface area (Å²) in [5, 5.41) is 0. The van der Waals surface area contributed by atoms with Gasteiger partial charge in [-0.25, -0.2) is 8.42 Å². The Kier molecular flexibility index (Phi) is 4.57. The second-order valence-electron chi connectivity index (χ2n) is 4.31. The second kappa shape index (κ2) is 6.38. The highest BCUT2D eigenvalue weighted by Gasteiger charge is 2.10. The third kappa shape index (κ3) is 3.95. The van der Waals surface area contributed by atoms with Gasteiger partial charge >= 0.3 is 0 Å². The maximum atomic E-state index is 11.9. The smallest absolute Gasteiger partial charge is 0.207 e. The highest BCUT2D eigenvalue weighted by atomic mass is 32.2. The zero-order valence-corrected chi connectivity index (χ0v) is 11.9. The minimum absolute atomic E-state index is 0.0884. The van der Waals surface area contributed by atoms with Crippen molar-refractivity contribution in [2.45, 2.75) is 11.8 Å². The molecule has 0 heterocycles. The van der Waals surface area contributed by atoms with Crippen molar-refractivity contribution in [3.05, 3.63) is 65.7 Å². The van der Waals surface area contributed by atoms with E-state index in [-0.39, 0.29) is 11.4 Å². The first-order valence-corrected chi connectivity index (χ1v) is 7.66. The molecule has 2 aromatic carbocycles. The Labute approximate surface area is 119 Å². The molecule has 0 aliphatic rings. The van der Waals surface area contributed by atoms with Gasteiger partial charge in [-0.1, -0.05) is 47.7 Å². The van der Waals surface area contributed by atoms with Gasteiger partial charge < -0.3 is 0 Å². The maximum Gasteiger partial charge on any atom is 0.241 e. The molecular formula is C16H15NO2S. The molecule has 0 amide bonds. The number of hydrogen-bond donors (Lipinski definition) is 1. The van der Waals surface area contributed by atoms with Gasteiger partial charge in [-0.3, -0.25) is 0 Å². The van der Waals surface area contributed by atoms with Crippen LogP contribution in [0.15, 0.2) is 59.5 Å². The van der Waals surface area contributed by atoms with E-state index in [1.807, 2.05) is 31.2 Å². The highest BCUT2D eigenvalue weighted by molar-refractivity contribution is 7.89. The monoisotopic (exact) mass is 285 g/mol. The lowest BCUT2D eigenvalue weighted by atomic mass is 10.2. The van der Waals surface area contributed by atoms with Gasteiger partial charge in [0.2, 0.25) is 10.0 Å². The predicted octanol–water partition coefficient (Wildman–Crippen LogP) is 2.33. The van der Waals surface area contributed by atoms with Crippen LogP contribution in [0.5, 0.6) is 0 Å². The number of rotatable bonds is 3. The number of sulfonamides is 1. The van der Waals surface area contributed by atoms with Gasteiger partial charge in [0.1, 0.15) is 0 Å². The molecule has 0 atom stereocenters. The summed E-state index contributed by atoms with van der Waals surface area (Å²) in [5.41, 5.74) is 2.04. The standard InChI is InChI=1S/C16H15NO2S/c1-14-9-11-15(12-10-14)6-5-13-17-20(18,19)16-7-3-2-4-8-16/h2-4,7-12,17H,13H2,1H3. The third-order valence-corrected chi connectivity index (χ3v) is 4.11. The molecule has 0 radical (unpaired) electrons. The molecule has 2 rings (SSSR count). The summed E-state index contributed by atoms with van der Waals surface area (Å²) in [6.45, 7) is 2.09. The number of benzene rings is 2. The van der Waals surface area contributed by atoms with Crippen molar-refractivity contribution < 1.29 is 8.42 Å². The molecule has 0 aliphatic carbocycles. The van der Waals surface area contributed by atoms with Gasteiger partial charge in [0.25, 0.3) is 0 Å². The predicted molar refractivity (Wildman–Crippen MR) is 79.7 cm³/mol. The molecular weight excluding hydrogens is 270 g/mol. The highest BCUT2D eigenvalue weighted by Crippen LogP contribution is 2.06. The van der Waals surface area contributed by atoms with E-state index in [9.17, 15) is 8.42 Å². The van der Waals surface area contributed by atoms with E-state index < -0.39 is 10.0 Å². The molecule has 2 aromatic rings. The van der Waals surface area contributed by atoms with Crippen LogP contribution in [-0.4, -0.2) is 15.0 Å². The average molecular weight is 285 g/mol. The van der Waals surface area contributed by atoms with Crippen molar-refractivity contribution in [2.24, 2.45) is 0 Å². The fraction of sp³-hybridized carbons (Fsp3) is 0.125. The molecule has 3 nitrogen and oxygen atoms in total. The molecule has 0 spiro atoms. The molecule has 20 heavy (non-hydrogen) atoms. The van der Waals surface area contributed by atoms with Crippen molar-refractivity contribution >= 4 is 10.0 Å². The van der Waals surface area contributed by atoms with Crippen LogP contribution in [0.1, 0.15) is 11.1 Å². The number of aryl methyl sites for hydroxylation is 1. The molecule has 0 saturated carbocycles. The Hall–Kier alpha value is -2.09. The molecule has 1 N–H and O–H groups in total. The lowest BCUT2D eigenvalue weighted by Gasteiger charge is -2.02. The van der Waals surface area contributed by atoms with E-state index in [2.05, 4.69) is 16.6 Å². The van der Waals surface area contributed by atoms with E-state index in [1.54, 1.807) is 30.3 Å². The van der Waals surface area contributed by atoms with Crippen LogP contribution in [0.2, 0.25) is 0 Å². The third-order valence-electron chi connectivity index (χ3n) is 2.69. The minimum Gasteiger partial charge on any atom is -0.207 e. The van der Waals surface area contributed by atoms with E-state index in [0.29, 0.717) is 0 Å². The Morgan fingerprint density at radius 2 is 1.65 bits per heavy atom. The van der Waals surface area contributed by atoms with Crippen LogP contribution in [-0.2, 0) is 10.0 Å². The van der Waals surface area contributed by atoms with Gasteiger partial charge in [0, 0.05) is 5.56 Å². The quantitative estimate of drug-likeness (QED) is 0.880. The van der Waals surface area contributed by atoms with Gasteiger partial charge in [-0.05, 0) is 31.2 Å². The number of nitrogens with one attached hydrogen (secondary N) is 1. The number of hydrogen-bond acceptors (Lipinski definition) is 2. The Bertz CT molecular complexity index is 724. The SMILES string of the molecule is Cc1ccc(C#CCNS(=O)(=O)c2ccccc2)cc1. The summed E-state index contributed by atoms with van der Waals surface area (Å²) >= 11 is 0. The van der Waals surface area contributed by atoms with E-state index in [1.165, 1.54) is 5.56 Å². The van der Waals surface area contributed by atoms with Crippen molar-refractivity contribution in [2.75, 3.05) is 6.54 Å². The molecule has 0 saturated heterocycles. The van der Waals surface area contributed by atoms with Crippen LogP contribution < -0.4 is 4.72 Å². The van der Waals surface area contributed by atoms with Crippen LogP contribution in [0.3, 0.4) is 0 Å². The lowest BCUT2D eigenvalue weighted by molar-refractivity contribution is 0.586. The van der Waals surface area contributed by atoms with Crippen molar-refractivity contribution in [3.8, 4) is 11.8 Å². The normalized spacial score (nSPS) is 10.7. The zero-order valence-electron chi connectivity index (χ0n) is 11.1. The summed E-state index contributed by atoms with van der Waals surface area (Å²) in [4.78, 5) is 0.247. The van der Waals surface area contributed by atoms with Gasteiger partial charge in [0.15, 0.2) is 0 Å². The first kappa shape index (κ1) is 14.3. The van der Waals surface area contributed by atoms with Gasteiger partial charge in [-0.2, -0.15) is 4.72 Å². The maximum absolute atomic E-state index is 11.9. The Morgan fingerprint density at radius 1 is 1.00 bits per heavy atom. The van der Waals surface area contributed by atoms with Crippen LogP contribution in [0.25, 0.3) is 0 Å². The molecule has 0 aliphatic heterocycles. The second-order valence-corrected chi connectivity index (χ2v) is 6.07. The largest absolute Gasteiger partial charge is 0.241 e. The fourth-order valence-electron chi connectivity index (χ4n) is 1.60. The van der Waals surface area contributed by atoms with Gasteiger partial charge in [0.05, 0.1) is 11.4 Å². The topological polar surface area (TPSA) is 46.2 Å². The molecule has 0 unspecified atom stereocenters. The van der Waals surface area contributed by atoms with E-state index >= 15 is 0 Å². The molecule has 102 valence electrons. The average Bonchev–Trinajstić information content (AvgIpc) is 2.46. The van der Waals surface area contributed by atoms with Crippen molar-refractivity contribution in [1.29, 1.82) is 0 Å². The summed E-state index contributed by atoms with van der Waals surface area (Å²) in [7, 11) is -3.47. The van der Waals surface area contributed by atoms with Crippen LogP contribution >= 0.6 is 0 Å². The van der Waals surface area contributed by atoms with E-state index in [0.717, 1.165) is 5.56 Å².